The zero-order valence-electron chi connectivity index (χ0n) is 13.5. The van der Waals surface area contributed by atoms with Gasteiger partial charge in [0.05, 0.1) is 18.2 Å². The molecular weight excluding hydrogens is 340 g/mol. The molecule has 0 bridgehead atoms. The molecule has 3 rings (SSSR count). The molecule has 9 heteroatoms. The molecule has 2 aromatic rings. The number of rotatable bonds is 5. The summed E-state index contributed by atoms with van der Waals surface area (Å²) in [6, 6.07) is 0. The number of hydrogen-bond acceptors (Lipinski definition) is 6. The van der Waals surface area contributed by atoms with Crippen molar-refractivity contribution < 1.29 is 18.3 Å². The van der Waals surface area contributed by atoms with Gasteiger partial charge in [-0.25, -0.2) is 18.4 Å². The molecule has 1 unspecified atom stereocenters. The lowest BCUT2D eigenvalue weighted by atomic mass is 10.1. The SMILES string of the molecule is CCOC(=O)Cn1nc(C(C)C)c2nc(C3CC3(F)F)sc2c1=O. The minimum Gasteiger partial charge on any atom is -0.465 e. The van der Waals surface area contributed by atoms with Crippen LogP contribution in [0.15, 0.2) is 4.79 Å². The van der Waals surface area contributed by atoms with E-state index in [9.17, 15) is 18.4 Å². The van der Waals surface area contributed by atoms with Gasteiger partial charge in [0, 0.05) is 6.42 Å². The van der Waals surface area contributed by atoms with Gasteiger partial charge in [0.2, 0.25) is 0 Å². The first-order valence-electron chi connectivity index (χ1n) is 7.69. The molecule has 2 aromatic heterocycles. The Labute approximate surface area is 140 Å². The molecule has 0 saturated heterocycles. The minimum absolute atomic E-state index is 0.0730. The highest BCUT2D eigenvalue weighted by molar-refractivity contribution is 7.18. The minimum atomic E-state index is -2.75. The molecule has 2 heterocycles. The van der Waals surface area contributed by atoms with E-state index in [0.717, 1.165) is 16.0 Å². The van der Waals surface area contributed by atoms with Crippen molar-refractivity contribution in [2.45, 2.75) is 51.5 Å². The van der Waals surface area contributed by atoms with Crippen LogP contribution in [0, 0.1) is 0 Å². The maximum Gasteiger partial charge on any atom is 0.327 e. The maximum absolute atomic E-state index is 13.3. The summed E-state index contributed by atoms with van der Waals surface area (Å²) < 4.78 is 32.8. The van der Waals surface area contributed by atoms with Gasteiger partial charge in [-0.2, -0.15) is 5.10 Å². The van der Waals surface area contributed by atoms with Crippen molar-refractivity contribution in [2.24, 2.45) is 0 Å². The number of halogens is 2. The first-order valence-corrected chi connectivity index (χ1v) is 8.51. The topological polar surface area (TPSA) is 74.1 Å². The van der Waals surface area contributed by atoms with E-state index in [0.29, 0.717) is 11.2 Å². The van der Waals surface area contributed by atoms with E-state index in [2.05, 4.69) is 10.1 Å². The normalized spacial score (nSPS) is 19.0. The fourth-order valence-electron chi connectivity index (χ4n) is 2.45. The molecular formula is C15H17F2N3O3S. The van der Waals surface area contributed by atoms with E-state index in [1.807, 2.05) is 13.8 Å². The average Bonchev–Trinajstić information content (AvgIpc) is 2.94. The summed E-state index contributed by atoms with van der Waals surface area (Å²) >= 11 is 0.966. The standard InChI is InChI=1S/C15H17F2N3O3S/c1-4-23-9(21)6-20-14(22)12-11(10(19-20)7(2)3)18-13(24-12)8-5-15(8,16)17/h7-8H,4-6H2,1-3H3. The van der Waals surface area contributed by atoms with E-state index in [1.54, 1.807) is 6.92 Å². The van der Waals surface area contributed by atoms with Crippen LogP contribution in [0.5, 0.6) is 0 Å². The number of ether oxygens (including phenoxy) is 1. The Kier molecular flexibility index (Phi) is 4.15. The zero-order valence-corrected chi connectivity index (χ0v) is 14.3. The highest BCUT2D eigenvalue weighted by Gasteiger charge is 2.59. The van der Waals surface area contributed by atoms with Crippen molar-refractivity contribution in [2.75, 3.05) is 6.61 Å². The third-order valence-corrected chi connectivity index (χ3v) is 4.96. The fraction of sp³-hybridized carbons (Fsp3) is 0.600. The number of carbonyl (C=O) groups excluding carboxylic acids is 1. The first kappa shape index (κ1) is 16.9. The van der Waals surface area contributed by atoms with Gasteiger partial charge in [-0.05, 0) is 12.8 Å². The van der Waals surface area contributed by atoms with Crippen molar-refractivity contribution in [3.63, 3.8) is 0 Å². The number of fused-ring (bicyclic) bond motifs is 1. The van der Waals surface area contributed by atoms with Gasteiger partial charge < -0.3 is 4.74 Å². The van der Waals surface area contributed by atoms with Crippen LogP contribution < -0.4 is 5.56 Å². The largest absolute Gasteiger partial charge is 0.465 e. The smallest absolute Gasteiger partial charge is 0.327 e. The van der Waals surface area contributed by atoms with Crippen LogP contribution in [-0.4, -0.2) is 33.3 Å². The maximum atomic E-state index is 13.3. The second-order valence-electron chi connectivity index (χ2n) is 6.06. The molecule has 1 aliphatic rings. The lowest BCUT2D eigenvalue weighted by molar-refractivity contribution is -0.144. The molecule has 0 amide bonds. The lowest BCUT2D eigenvalue weighted by Gasteiger charge is -2.09. The summed E-state index contributed by atoms with van der Waals surface area (Å²) in [7, 11) is 0. The summed E-state index contributed by atoms with van der Waals surface area (Å²) in [4.78, 5) is 28.4. The molecule has 0 aliphatic heterocycles. The van der Waals surface area contributed by atoms with Gasteiger partial charge in [0.25, 0.3) is 11.5 Å². The lowest BCUT2D eigenvalue weighted by Crippen LogP contribution is -2.28. The molecule has 0 aromatic carbocycles. The summed E-state index contributed by atoms with van der Waals surface area (Å²) in [5.74, 6) is -4.31. The Morgan fingerprint density at radius 2 is 2.17 bits per heavy atom. The molecule has 1 aliphatic carbocycles. The summed E-state index contributed by atoms with van der Waals surface area (Å²) in [6.45, 7) is 5.29. The zero-order chi connectivity index (χ0) is 17.6. The van der Waals surface area contributed by atoms with Gasteiger partial charge in [0.15, 0.2) is 0 Å². The molecule has 0 N–H and O–H groups in total. The second kappa shape index (κ2) is 5.87. The van der Waals surface area contributed by atoms with Crippen molar-refractivity contribution in [3.8, 4) is 0 Å². The van der Waals surface area contributed by atoms with Crippen LogP contribution in [0.1, 0.15) is 49.7 Å². The van der Waals surface area contributed by atoms with Crippen LogP contribution in [0.2, 0.25) is 0 Å². The van der Waals surface area contributed by atoms with Crippen LogP contribution in [0.4, 0.5) is 8.78 Å². The molecule has 130 valence electrons. The number of aromatic nitrogens is 3. The van der Waals surface area contributed by atoms with E-state index >= 15 is 0 Å². The predicted molar refractivity (Wildman–Crippen MR) is 84.7 cm³/mol. The van der Waals surface area contributed by atoms with Gasteiger partial charge in [-0.3, -0.25) is 9.59 Å². The number of alkyl halides is 2. The molecule has 1 atom stereocenters. The van der Waals surface area contributed by atoms with Gasteiger partial charge in [-0.15, -0.1) is 11.3 Å². The van der Waals surface area contributed by atoms with E-state index in [1.165, 1.54) is 0 Å². The summed E-state index contributed by atoms with van der Waals surface area (Å²) in [5.41, 5.74) is 0.369. The van der Waals surface area contributed by atoms with Crippen molar-refractivity contribution in [1.82, 2.24) is 14.8 Å². The molecule has 1 saturated carbocycles. The van der Waals surface area contributed by atoms with Crippen molar-refractivity contribution in [3.05, 3.63) is 21.1 Å². The third kappa shape index (κ3) is 2.92. The van der Waals surface area contributed by atoms with E-state index < -0.39 is 23.4 Å². The molecule has 0 spiro atoms. The monoisotopic (exact) mass is 357 g/mol. The second-order valence-corrected chi connectivity index (χ2v) is 7.09. The Bertz CT molecular complexity index is 860. The van der Waals surface area contributed by atoms with Gasteiger partial charge >= 0.3 is 5.97 Å². The molecule has 24 heavy (non-hydrogen) atoms. The third-order valence-electron chi connectivity index (χ3n) is 3.80. The number of esters is 1. The Morgan fingerprint density at radius 1 is 1.50 bits per heavy atom. The summed E-state index contributed by atoms with van der Waals surface area (Å²) in [5, 5.41) is 4.47. The summed E-state index contributed by atoms with van der Waals surface area (Å²) in [6.07, 6.45) is -0.242. The molecule has 0 radical (unpaired) electrons. The quantitative estimate of drug-likeness (QED) is 0.769. The van der Waals surface area contributed by atoms with Crippen LogP contribution >= 0.6 is 11.3 Å². The van der Waals surface area contributed by atoms with Crippen molar-refractivity contribution >= 4 is 27.5 Å². The van der Waals surface area contributed by atoms with Gasteiger partial charge in [0.1, 0.15) is 21.8 Å². The van der Waals surface area contributed by atoms with Crippen LogP contribution in [0.3, 0.4) is 0 Å². The average molecular weight is 357 g/mol. The number of thiazole rings is 1. The number of nitrogens with zero attached hydrogens (tertiary/aromatic N) is 3. The molecule has 6 nitrogen and oxygen atoms in total. The predicted octanol–water partition coefficient (Wildman–Crippen LogP) is 2.66. The van der Waals surface area contributed by atoms with Crippen molar-refractivity contribution in [1.29, 1.82) is 0 Å². The van der Waals surface area contributed by atoms with Gasteiger partial charge in [-0.1, -0.05) is 13.8 Å². The fourth-order valence-corrected chi connectivity index (χ4v) is 3.63. The highest BCUT2D eigenvalue weighted by Crippen LogP contribution is 2.56. The van der Waals surface area contributed by atoms with Crippen LogP contribution in [0.25, 0.3) is 10.2 Å². The number of hydrogen-bond donors (Lipinski definition) is 0. The molecule has 1 fully saturated rings. The highest BCUT2D eigenvalue weighted by atomic mass is 32.1. The number of carbonyl (C=O) groups is 1. The van der Waals surface area contributed by atoms with E-state index in [4.69, 9.17) is 4.74 Å². The van der Waals surface area contributed by atoms with Crippen LogP contribution in [-0.2, 0) is 16.1 Å². The Balaban J connectivity index is 2.10. The Hall–Kier alpha value is -1.90. The first-order chi connectivity index (χ1) is 11.2. The Morgan fingerprint density at radius 3 is 2.71 bits per heavy atom. The van der Waals surface area contributed by atoms with E-state index in [-0.39, 0.29) is 35.2 Å².